The molecule has 0 N–H and O–H groups in total. The number of para-hydroxylation sites is 1. The van der Waals surface area contributed by atoms with E-state index < -0.39 is 0 Å². The van der Waals surface area contributed by atoms with Crippen LogP contribution in [0.25, 0.3) is 22.1 Å². The molecule has 8 aromatic rings. The van der Waals surface area contributed by atoms with Gasteiger partial charge in [-0.1, -0.05) is 164 Å². The standard InChI is InChI=1S/C60H57BN2OS/c1-38-33-50-55-51(34-38)63(48-30-27-42(58(5,6)7)35-45(48)39-19-11-9-12-20-39)56-54(44-23-15-16-24-52(44)64-56)61(55)47-36-46-53(37-49(47)62(50)43-28-25-40(26-29-43)57(2,3)4)65-60(41-21-13-10-14-22-41)32-18-17-31-59(46,60)8/h9-16,19-30,33-37H,17-18,31-32H2,1-8H3. The lowest BCUT2D eigenvalue weighted by Gasteiger charge is -2.48. The Morgan fingerprint density at radius 2 is 1.25 bits per heavy atom. The highest BCUT2D eigenvalue weighted by Gasteiger charge is 2.58. The first-order chi connectivity index (χ1) is 31.2. The highest BCUT2D eigenvalue weighted by molar-refractivity contribution is 8.00. The van der Waals surface area contributed by atoms with Gasteiger partial charge >= 0.3 is 0 Å². The summed E-state index contributed by atoms with van der Waals surface area (Å²) >= 11 is 2.14. The van der Waals surface area contributed by atoms with Crippen molar-refractivity contribution >= 4 is 80.2 Å². The summed E-state index contributed by atoms with van der Waals surface area (Å²) < 4.78 is 7.26. The van der Waals surface area contributed by atoms with Crippen molar-refractivity contribution in [2.75, 3.05) is 9.80 Å². The number of thioether (sulfide) groups is 1. The third-order valence-corrected chi connectivity index (χ3v) is 17.3. The lowest BCUT2D eigenvalue weighted by atomic mass is 9.33. The summed E-state index contributed by atoms with van der Waals surface area (Å²) in [6.07, 6.45) is 4.83. The molecule has 1 saturated carbocycles. The average Bonchev–Trinajstić information content (AvgIpc) is 3.81. The maximum Gasteiger partial charge on any atom is 0.257 e. The molecule has 2 atom stereocenters. The van der Waals surface area contributed by atoms with Crippen LogP contribution in [0.1, 0.15) is 102 Å². The molecule has 7 aromatic carbocycles. The third-order valence-electron chi connectivity index (χ3n) is 15.5. The molecule has 5 heteroatoms. The Hall–Kier alpha value is -5.91. The number of rotatable bonds is 4. The van der Waals surface area contributed by atoms with Crippen LogP contribution in [-0.2, 0) is 21.0 Å². The predicted molar refractivity (Wildman–Crippen MR) is 278 cm³/mol. The topological polar surface area (TPSA) is 19.6 Å². The fraction of sp³-hybridized carbons (Fsp3) is 0.267. The molecule has 0 bridgehead atoms. The van der Waals surface area contributed by atoms with Gasteiger partial charge in [0.2, 0.25) is 5.88 Å². The first kappa shape index (κ1) is 40.6. The van der Waals surface area contributed by atoms with Gasteiger partial charge in [0, 0.05) is 49.5 Å². The van der Waals surface area contributed by atoms with Gasteiger partial charge < -0.3 is 9.32 Å². The lowest BCUT2D eigenvalue weighted by molar-refractivity contribution is 0.246. The molecule has 2 unspecified atom stereocenters. The first-order valence-electron chi connectivity index (χ1n) is 23.7. The SMILES string of the molecule is Cc1cc2c3c(c1)N(c1ccc(C(C)(C)C)cc1-c1ccccc1)c1oc4ccccc4c1B3c1cc3c(cc1N2c1ccc(C(C)(C)C)cc1)SC1(c2ccccc2)CCCCC31C. The number of aryl methyl sites for hydroxylation is 1. The molecule has 0 amide bonds. The van der Waals surface area contributed by atoms with Crippen molar-refractivity contribution in [3.8, 4) is 11.1 Å². The molecule has 4 heterocycles. The minimum absolute atomic E-state index is 0.0273. The van der Waals surface area contributed by atoms with Gasteiger partial charge in [-0.2, -0.15) is 0 Å². The van der Waals surface area contributed by atoms with Crippen LogP contribution in [0, 0.1) is 6.92 Å². The highest BCUT2D eigenvalue weighted by atomic mass is 32.2. The Morgan fingerprint density at radius 3 is 1.97 bits per heavy atom. The van der Waals surface area contributed by atoms with Gasteiger partial charge in [-0.25, -0.2) is 0 Å². The summed E-state index contributed by atoms with van der Waals surface area (Å²) in [6, 6.07) is 57.8. The van der Waals surface area contributed by atoms with E-state index in [1.54, 1.807) is 0 Å². The van der Waals surface area contributed by atoms with Crippen LogP contribution < -0.4 is 26.2 Å². The van der Waals surface area contributed by atoms with Gasteiger partial charge in [0.05, 0.1) is 10.4 Å². The maximum atomic E-state index is 7.29. The molecule has 12 rings (SSSR count). The molecular formula is C60H57BN2OS. The van der Waals surface area contributed by atoms with Gasteiger partial charge in [0.15, 0.2) is 0 Å². The monoisotopic (exact) mass is 864 g/mol. The Bertz CT molecular complexity index is 3200. The molecule has 1 fully saturated rings. The van der Waals surface area contributed by atoms with E-state index in [1.165, 1.54) is 114 Å². The molecular weight excluding hydrogens is 808 g/mol. The minimum Gasteiger partial charge on any atom is -0.440 e. The number of hydrogen-bond donors (Lipinski definition) is 0. The number of hydrogen-bond acceptors (Lipinski definition) is 4. The highest BCUT2D eigenvalue weighted by Crippen LogP contribution is 2.68. The molecule has 1 aliphatic carbocycles. The summed E-state index contributed by atoms with van der Waals surface area (Å²) in [5, 5.41) is 1.17. The van der Waals surface area contributed by atoms with E-state index in [0.717, 1.165) is 17.2 Å². The second-order valence-corrected chi connectivity index (χ2v) is 22.9. The number of nitrogens with zero attached hydrogens (tertiary/aromatic N) is 2. The van der Waals surface area contributed by atoms with Gasteiger partial charge in [0.25, 0.3) is 6.71 Å². The average molecular weight is 865 g/mol. The van der Waals surface area contributed by atoms with Crippen LogP contribution in [0.4, 0.5) is 34.3 Å². The van der Waals surface area contributed by atoms with Crippen molar-refractivity contribution in [3.63, 3.8) is 0 Å². The zero-order valence-corrected chi connectivity index (χ0v) is 39.9. The zero-order chi connectivity index (χ0) is 44.6. The van der Waals surface area contributed by atoms with Crippen molar-refractivity contribution in [3.05, 3.63) is 179 Å². The summed E-state index contributed by atoms with van der Waals surface area (Å²) in [5.41, 5.74) is 20.0. The van der Waals surface area contributed by atoms with E-state index in [9.17, 15) is 0 Å². The van der Waals surface area contributed by atoms with Crippen LogP contribution >= 0.6 is 11.8 Å². The molecule has 0 saturated heterocycles. The Morgan fingerprint density at radius 1 is 0.600 bits per heavy atom. The number of benzene rings is 7. The van der Waals surface area contributed by atoms with E-state index in [1.807, 2.05) is 0 Å². The lowest BCUT2D eigenvalue weighted by Crippen LogP contribution is -2.61. The summed E-state index contributed by atoms with van der Waals surface area (Å²) in [7, 11) is 0. The second-order valence-electron chi connectivity index (χ2n) is 21.5. The van der Waals surface area contributed by atoms with Crippen LogP contribution in [-0.4, -0.2) is 6.71 Å². The van der Waals surface area contributed by atoms with Gasteiger partial charge in [-0.15, -0.1) is 11.8 Å². The van der Waals surface area contributed by atoms with Gasteiger partial charge in [-0.3, -0.25) is 4.90 Å². The van der Waals surface area contributed by atoms with E-state index in [2.05, 4.69) is 229 Å². The number of anilines is 6. The second kappa shape index (κ2) is 14.3. The number of furan rings is 1. The fourth-order valence-electron chi connectivity index (χ4n) is 12.1. The third kappa shape index (κ3) is 5.96. The molecule has 0 radical (unpaired) electrons. The maximum absolute atomic E-state index is 7.29. The minimum atomic E-state index is -0.0566. The van der Waals surface area contributed by atoms with E-state index in [0.29, 0.717) is 0 Å². The largest absolute Gasteiger partial charge is 0.440 e. The Labute approximate surface area is 390 Å². The smallest absolute Gasteiger partial charge is 0.257 e. The van der Waals surface area contributed by atoms with Crippen molar-refractivity contribution in [1.82, 2.24) is 0 Å². The normalized spacial score (nSPS) is 19.7. The van der Waals surface area contributed by atoms with E-state index in [-0.39, 0.29) is 27.7 Å². The predicted octanol–water partition coefficient (Wildman–Crippen LogP) is 14.9. The van der Waals surface area contributed by atoms with Crippen molar-refractivity contribution in [1.29, 1.82) is 0 Å². The number of fused-ring (bicyclic) bond motifs is 9. The summed E-state index contributed by atoms with van der Waals surface area (Å²) in [4.78, 5) is 6.51. The molecule has 0 spiro atoms. The first-order valence-corrected chi connectivity index (χ1v) is 24.6. The van der Waals surface area contributed by atoms with Gasteiger partial charge in [0.1, 0.15) is 5.58 Å². The van der Waals surface area contributed by atoms with Crippen molar-refractivity contribution < 1.29 is 4.42 Å². The summed E-state index contributed by atoms with van der Waals surface area (Å²) in [6.45, 7) is 18.6. The van der Waals surface area contributed by atoms with Crippen LogP contribution in [0.15, 0.2) is 161 Å². The van der Waals surface area contributed by atoms with Crippen LogP contribution in [0.5, 0.6) is 0 Å². The van der Waals surface area contributed by atoms with E-state index in [4.69, 9.17) is 4.42 Å². The quantitative estimate of drug-likeness (QED) is 0.164. The Balaban J connectivity index is 1.18. The van der Waals surface area contributed by atoms with Crippen LogP contribution in [0.3, 0.4) is 0 Å². The van der Waals surface area contributed by atoms with Gasteiger partial charge in [-0.05, 0) is 123 Å². The molecule has 322 valence electrons. The Kier molecular flexibility index (Phi) is 8.93. The van der Waals surface area contributed by atoms with Crippen molar-refractivity contribution in [2.24, 2.45) is 0 Å². The molecule has 65 heavy (non-hydrogen) atoms. The molecule has 3 nitrogen and oxygen atoms in total. The zero-order valence-electron chi connectivity index (χ0n) is 39.1. The van der Waals surface area contributed by atoms with E-state index >= 15 is 0 Å². The molecule has 3 aliphatic heterocycles. The molecule has 4 aliphatic rings. The molecule has 1 aromatic heterocycles. The summed E-state index contributed by atoms with van der Waals surface area (Å²) in [5.74, 6) is 0.909. The van der Waals surface area contributed by atoms with Crippen molar-refractivity contribution in [2.45, 2.75) is 107 Å². The fourth-order valence-corrected chi connectivity index (χ4v) is 14.0. The van der Waals surface area contributed by atoms with Crippen LogP contribution in [0.2, 0.25) is 0 Å².